The number of aromatic nitrogens is 2. The van der Waals surface area contributed by atoms with Crippen molar-refractivity contribution in [1.29, 1.82) is 0 Å². The lowest BCUT2D eigenvalue weighted by atomic mass is 10.3. The largest absolute Gasteiger partial charge is 0.397 e. The van der Waals surface area contributed by atoms with E-state index < -0.39 is 11.1 Å². The Kier molecular flexibility index (Phi) is 2.15. The highest BCUT2D eigenvalue weighted by atomic mass is 32.2. The first-order valence-corrected chi connectivity index (χ1v) is 4.04. The highest BCUT2D eigenvalue weighted by Gasteiger charge is 2.16. The Hall–Kier alpha value is -1.34. The molecule has 6 N–H and O–H groups in total. The van der Waals surface area contributed by atoms with Crippen LogP contribution in [-0.2, 0) is 11.1 Å². The number of nitrogens with two attached hydrogens (primary N) is 2. The van der Waals surface area contributed by atoms with E-state index in [0.29, 0.717) is 0 Å². The number of H-pyrrole nitrogens is 1. The smallest absolute Gasteiger partial charge is 0.192 e. The summed E-state index contributed by atoms with van der Waals surface area (Å²) in [5.41, 5.74) is 10.9. The molecular weight excluding hydrogens is 180 g/mol. The van der Waals surface area contributed by atoms with Gasteiger partial charge in [-0.25, -0.2) is 4.21 Å². The van der Waals surface area contributed by atoms with Crippen LogP contribution in [0.25, 0.3) is 5.70 Å². The zero-order valence-electron chi connectivity index (χ0n) is 6.07. The molecule has 0 fully saturated rings. The lowest BCUT2D eigenvalue weighted by molar-refractivity contribution is 0.564. The summed E-state index contributed by atoms with van der Waals surface area (Å²) in [6.07, 6.45) is 0. The molecule has 0 aliphatic heterocycles. The fraction of sp³-hybridized carbons (Fsp3) is 0. The summed E-state index contributed by atoms with van der Waals surface area (Å²) in [6, 6.07) is 0. The van der Waals surface area contributed by atoms with Crippen molar-refractivity contribution < 1.29 is 8.76 Å². The van der Waals surface area contributed by atoms with Gasteiger partial charge in [-0.15, -0.1) is 0 Å². The second-order valence-corrected chi connectivity index (χ2v) is 2.99. The summed E-state index contributed by atoms with van der Waals surface area (Å²) in [4.78, 5) is -0.0255. The highest BCUT2D eigenvalue weighted by molar-refractivity contribution is 7.79. The molecule has 1 unspecified atom stereocenters. The van der Waals surface area contributed by atoms with Crippen LogP contribution in [0.15, 0.2) is 11.5 Å². The predicted molar refractivity (Wildman–Crippen MR) is 45.3 cm³/mol. The molecule has 66 valence electrons. The number of hydrogen-bond acceptors (Lipinski definition) is 4. The first-order valence-electron chi connectivity index (χ1n) is 2.93. The van der Waals surface area contributed by atoms with Crippen LogP contribution in [0.2, 0.25) is 0 Å². The fourth-order valence-corrected chi connectivity index (χ4v) is 1.32. The van der Waals surface area contributed by atoms with Gasteiger partial charge in [0.05, 0.1) is 5.70 Å². The lowest BCUT2D eigenvalue weighted by Gasteiger charge is -1.96. The van der Waals surface area contributed by atoms with Crippen molar-refractivity contribution in [2.24, 2.45) is 5.73 Å². The standard InChI is InChI=1S/C5H8N4O2S/c1-2(6)3-4(12(10)11)5(7)9-8-3/h1,6H2,(H,10,11)(H3,7,8,9). The Morgan fingerprint density at radius 1 is 1.75 bits per heavy atom. The molecule has 1 aromatic heterocycles. The SMILES string of the molecule is C=C(N)c1[nH]nc(N)c1S(=O)O. The van der Waals surface area contributed by atoms with Gasteiger partial charge in [0, 0.05) is 0 Å². The van der Waals surface area contributed by atoms with Crippen LogP contribution in [0, 0.1) is 0 Å². The van der Waals surface area contributed by atoms with E-state index in [9.17, 15) is 4.21 Å². The molecule has 0 radical (unpaired) electrons. The van der Waals surface area contributed by atoms with E-state index in [1.54, 1.807) is 0 Å². The zero-order chi connectivity index (χ0) is 9.30. The van der Waals surface area contributed by atoms with Crippen LogP contribution < -0.4 is 11.5 Å². The second-order valence-electron chi connectivity index (χ2n) is 2.09. The maximum Gasteiger partial charge on any atom is 0.192 e. The molecule has 7 heteroatoms. The average Bonchev–Trinajstić information content (AvgIpc) is 2.30. The number of aromatic amines is 1. The van der Waals surface area contributed by atoms with Crippen molar-refractivity contribution in [1.82, 2.24) is 10.2 Å². The quantitative estimate of drug-likeness (QED) is 0.467. The molecule has 0 aromatic carbocycles. The van der Waals surface area contributed by atoms with Gasteiger partial charge in [0.25, 0.3) is 0 Å². The first kappa shape index (κ1) is 8.75. The Morgan fingerprint density at radius 3 is 2.67 bits per heavy atom. The summed E-state index contributed by atoms with van der Waals surface area (Å²) in [5, 5.41) is 5.92. The number of nitrogens with one attached hydrogen (secondary N) is 1. The number of nitrogen functional groups attached to an aromatic ring is 1. The minimum Gasteiger partial charge on any atom is -0.397 e. The van der Waals surface area contributed by atoms with Gasteiger partial charge >= 0.3 is 0 Å². The number of nitrogens with zero attached hydrogens (tertiary/aromatic N) is 1. The predicted octanol–water partition coefficient (Wildman–Crippen LogP) is -0.498. The maximum absolute atomic E-state index is 10.7. The topological polar surface area (TPSA) is 118 Å². The average molecular weight is 188 g/mol. The van der Waals surface area contributed by atoms with Crippen LogP contribution in [0.3, 0.4) is 0 Å². The van der Waals surface area contributed by atoms with Crippen LogP contribution >= 0.6 is 0 Å². The van der Waals surface area contributed by atoms with Crippen LogP contribution in [0.4, 0.5) is 5.82 Å². The summed E-state index contributed by atoms with van der Waals surface area (Å²) in [7, 11) is 0. The molecule has 1 rings (SSSR count). The summed E-state index contributed by atoms with van der Waals surface area (Å²) >= 11 is -2.20. The van der Waals surface area contributed by atoms with Gasteiger partial charge in [0.15, 0.2) is 16.9 Å². The van der Waals surface area contributed by atoms with E-state index in [4.69, 9.17) is 16.0 Å². The normalized spacial score (nSPS) is 12.8. The molecule has 0 spiro atoms. The molecule has 0 aliphatic carbocycles. The molecular formula is C5H8N4O2S. The molecule has 0 amide bonds. The third kappa shape index (κ3) is 1.31. The van der Waals surface area contributed by atoms with E-state index in [0.717, 1.165) is 0 Å². The molecule has 1 aromatic rings. The van der Waals surface area contributed by atoms with E-state index in [1.165, 1.54) is 0 Å². The van der Waals surface area contributed by atoms with Crippen molar-refractivity contribution in [2.45, 2.75) is 4.90 Å². The van der Waals surface area contributed by atoms with E-state index in [-0.39, 0.29) is 22.1 Å². The van der Waals surface area contributed by atoms with E-state index >= 15 is 0 Å². The van der Waals surface area contributed by atoms with E-state index in [2.05, 4.69) is 16.8 Å². The molecule has 0 aliphatic rings. The summed E-state index contributed by atoms with van der Waals surface area (Å²) in [6.45, 7) is 3.39. The maximum atomic E-state index is 10.7. The van der Waals surface area contributed by atoms with Crippen molar-refractivity contribution >= 4 is 22.6 Å². The minimum absolute atomic E-state index is 0.0255. The Morgan fingerprint density at radius 2 is 2.33 bits per heavy atom. The molecule has 0 saturated carbocycles. The van der Waals surface area contributed by atoms with Gasteiger partial charge in [-0.3, -0.25) is 5.10 Å². The Bertz CT molecular complexity index is 345. The van der Waals surface area contributed by atoms with Gasteiger partial charge in [-0.2, -0.15) is 5.10 Å². The molecule has 1 atom stereocenters. The van der Waals surface area contributed by atoms with Crippen LogP contribution in [0.1, 0.15) is 5.69 Å². The summed E-state index contributed by atoms with van der Waals surface area (Å²) in [5.74, 6) is -0.0440. The molecule has 6 nitrogen and oxygen atoms in total. The van der Waals surface area contributed by atoms with Crippen molar-refractivity contribution in [3.8, 4) is 0 Å². The Labute approximate surface area is 70.9 Å². The zero-order valence-corrected chi connectivity index (χ0v) is 6.89. The Balaban J connectivity index is 3.31. The van der Waals surface area contributed by atoms with Crippen molar-refractivity contribution in [2.75, 3.05) is 5.73 Å². The van der Waals surface area contributed by atoms with E-state index in [1.807, 2.05) is 0 Å². The first-order chi connectivity index (χ1) is 5.54. The lowest BCUT2D eigenvalue weighted by Crippen LogP contribution is -2.01. The minimum atomic E-state index is -2.20. The highest BCUT2D eigenvalue weighted by Crippen LogP contribution is 2.19. The second kappa shape index (κ2) is 2.95. The fourth-order valence-electron chi connectivity index (χ4n) is 0.740. The molecule has 0 bridgehead atoms. The number of anilines is 1. The van der Waals surface area contributed by atoms with Gasteiger partial charge < -0.3 is 16.0 Å². The van der Waals surface area contributed by atoms with Crippen molar-refractivity contribution in [3.05, 3.63) is 12.3 Å². The third-order valence-electron chi connectivity index (χ3n) is 1.24. The van der Waals surface area contributed by atoms with Gasteiger partial charge in [-0.1, -0.05) is 6.58 Å². The van der Waals surface area contributed by atoms with Gasteiger partial charge in [-0.05, 0) is 0 Å². The number of rotatable bonds is 2. The third-order valence-corrected chi connectivity index (χ3v) is 2.01. The molecule has 1 heterocycles. The molecule has 12 heavy (non-hydrogen) atoms. The number of hydrogen-bond donors (Lipinski definition) is 4. The summed E-state index contributed by atoms with van der Waals surface area (Å²) < 4.78 is 19.4. The molecule has 0 saturated heterocycles. The van der Waals surface area contributed by atoms with Crippen LogP contribution in [0.5, 0.6) is 0 Å². The van der Waals surface area contributed by atoms with Gasteiger partial charge in [0.2, 0.25) is 0 Å². The van der Waals surface area contributed by atoms with Crippen molar-refractivity contribution in [3.63, 3.8) is 0 Å². The van der Waals surface area contributed by atoms with Crippen LogP contribution in [-0.4, -0.2) is 19.0 Å². The monoisotopic (exact) mass is 188 g/mol. The van der Waals surface area contributed by atoms with Gasteiger partial charge in [0.1, 0.15) is 10.6 Å².